The maximum absolute atomic E-state index is 12.8. The highest BCUT2D eigenvalue weighted by Crippen LogP contribution is 2.54. The molecule has 84 valence electrons. The van der Waals surface area contributed by atoms with Gasteiger partial charge in [-0.05, 0) is 31.6 Å². The van der Waals surface area contributed by atoms with Gasteiger partial charge in [-0.25, -0.2) is 0 Å². The number of halogens is 3. The molecule has 0 saturated heterocycles. The van der Waals surface area contributed by atoms with E-state index in [-0.39, 0.29) is 18.8 Å². The van der Waals surface area contributed by atoms with Crippen molar-refractivity contribution in [2.75, 3.05) is 0 Å². The molecule has 2 aliphatic carbocycles. The molecule has 0 heterocycles. The first-order chi connectivity index (χ1) is 6.85. The van der Waals surface area contributed by atoms with E-state index in [1.807, 2.05) is 6.08 Å². The quantitative estimate of drug-likeness (QED) is 0.690. The molecular formula is C10H11F3O2. The van der Waals surface area contributed by atoms with Crippen molar-refractivity contribution in [2.45, 2.75) is 31.9 Å². The zero-order valence-corrected chi connectivity index (χ0v) is 7.97. The van der Waals surface area contributed by atoms with Crippen molar-refractivity contribution in [1.29, 1.82) is 0 Å². The van der Waals surface area contributed by atoms with Gasteiger partial charge in [0.1, 0.15) is 0 Å². The third kappa shape index (κ3) is 1.44. The van der Waals surface area contributed by atoms with Crippen LogP contribution in [0.25, 0.3) is 0 Å². The number of carbonyl (C=O) groups is 1. The van der Waals surface area contributed by atoms with Gasteiger partial charge >= 0.3 is 12.1 Å². The van der Waals surface area contributed by atoms with Gasteiger partial charge in [-0.1, -0.05) is 11.6 Å². The van der Waals surface area contributed by atoms with Crippen molar-refractivity contribution in [3.8, 4) is 0 Å². The van der Waals surface area contributed by atoms with Gasteiger partial charge in [0.2, 0.25) is 0 Å². The van der Waals surface area contributed by atoms with E-state index in [4.69, 9.17) is 5.11 Å². The fourth-order valence-corrected chi connectivity index (χ4v) is 2.59. The molecule has 0 saturated carbocycles. The summed E-state index contributed by atoms with van der Waals surface area (Å²) in [6.45, 7) is 0. The molecule has 0 aromatic rings. The number of allylic oxidation sites excluding steroid dienone is 2. The summed E-state index contributed by atoms with van der Waals surface area (Å²) >= 11 is 0. The SMILES string of the molecule is O=C(O)C1(C(F)(F)F)CC2=CC(CC2)C1. The first-order valence-electron chi connectivity index (χ1n) is 4.85. The highest BCUT2D eigenvalue weighted by Gasteiger charge is 2.62. The Balaban J connectivity index is 2.38. The first-order valence-corrected chi connectivity index (χ1v) is 4.85. The lowest BCUT2D eigenvalue weighted by Crippen LogP contribution is -2.47. The van der Waals surface area contributed by atoms with Gasteiger partial charge in [0.15, 0.2) is 5.41 Å². The largest absolute Gasteiger partial charge is 0.481 e. The van der Waals surface area contributed by atoms with Crippen LogP contribution in [-0.4, -0.2) is 17.3 Å². The summed E-state index contributed by atoms with van der Waals surface area (Å²) in [5, 5.41) is 8.84. The van der Waals surface area contributed by atoms with Gasteiger partial charge in [-0.2, -0.15) is 13.2 Å². The standard InChI is InChI=1S/C10H11F3O2/c11-10(12,13)9(8(14)15)4-6-1-2-7(3-6)5-9/h3,6H,1-2,4-5H2,(H,14,15). The van der Waals surface area contributed by atoms with Crippen molar-refractivity contribution in [2.24, 2.45) is 11.3 Å². The van der Waals surface area contributed by atoms with Crippen LogP contribution in [0.3, 0.4) is 0 Å². The lowest BCUT2D eigenvalue weighted by molar-refractivity contribution is -0.235. The van der Waals surface area contributed by atoms with Crippen LogP contribution in [0.1, 0.15) is 25.7 Å². The molecule has 0 radical (unpaired) electrons. The smallest absolute Gasteiger partial charge is 0.405 e. The number of carboxylic acid groups (broad SMARTS) is 1. The van der Waals surface area contributed by atoms with Crippen LogP contribution < -0.4 is 0 Å². The van der Waals surface area contributed by atoms with Gasteiger partial charge < -0.3 is 5.11 Å². The Morgan fingerprint density at radius 3 is 2.67 bits per heavy atom. The van der Waals surface area contributed by atoms with E-state index in [2.05, 4.69) is 0 Å². The lowest BCUT2D eigenvalue weighted by Gasteiger charge is -2.35. The van der Waals surface area contributed by atoms with Crippen LogP contribution >= 0.6 is 0 Å². The molecule has 0 amide bonds. The summed E-state index contributed by atoms with van der Waals surface area (Å²) in [6.07, 6.45) is -2.21. The Labute approximate surface area is 84.8 Å². The third-order valence-electron chi connectivity index (χ3n) is 3.40. The highest BCUT2D eigenvalue weighted by molar-refractivity contribution is 5.76. The van der Waals surface area contributed by atoms with Crippen molar-refractivity contribution in [3.05, 3.63) is 11.6 Å². The monoisotopic (exact) mass is 220 g/mol. The van der Waals surface area contributed by atoms with Gasteiger partial charge in [0.05, 0.1) is 0 Å². The van der Waals surface area contributed by atoms with Crippen LogP contribution in [0.4, 0.5) is 13.2 Å². The maximum atomic E-state index is 12.8. The minimum atomic E-state index is -4.65. The lowest BCUT2D eigenvalue weighted by atomic mass is 9.72. The molecule has 2 atom stereocenters. The number of fused-ring (bicyclic) bond motifs is 1. The predicted octanol–water partition coefficient (Wildman–Crippen LogP) is 2.75. The summed E-state index contributed by atoms with van der Waals surface area (Å²) in [6, 6.07) is 0. The number of hydrogen-bond acceptors (Lipinski definition) is 1. The molecule has 0 aromatic heterocycles. The summed E-state index contributed by atoms with van der Waals surface area (Å²) in [5.74, 6) is -1.93. The van der Waals surface area contributed by atoms with Crippen molar-refractivity contribution in [1.82, 2.24) is 0 Å². The van der Waals surface area contributed by atoms with Gasteiger partial charge in [-0.3, -0.25) is 4.79 Å². The van der Waals surface area contributed by atoms with E-state index in [0.717, 1.165) is 0 Å². The Bertz CT molecular complexity index is 332. The second-order valence-electron chi connectivity index (χ2n) is 4.39. The number of alkyl halides is 3. The van der Waals surface area contributed by atoms with E-state index in [1.165, 1.54) is 0 Å². The second kappa shape index (κ2) is 3.00. The third-order valence-corrected chi connectivity index (χ3v) is 3.40. The molecule has 15 heavy (non-hydrogen) atoms. The number of rotatable bonds is 1. The van der Waals surface area contributed by atoms with Gasteiger partial charge in [0, 0.05) is 0 Å². The summed E-state index contributed by atoms with van der Waals surface area (Å²) in [5.41, 5.74) is -1.87. The predicted molar refractivity (Wildman–Crippen MR) is 46.2 cm³/mol. The summed E-state index contributed by atoms with van der Waals surface area (Å²) in [7, 11) is 0. The molecule has 2 rings (SSSR count). The summed E-state index contributed by atoms with van der Waals surface area (Å²) < 4.78 is 38.4. The van der Waals surface area contributed by atoms with E-state index in [0.29, 0.717) is 18.4 Å². The van der Waals surface area contributed by atoms with Crippen molar-refractivity contribution < 1.29 is 23.1 Å². The zero-order valence-electron chi connectivity index (χ0n) is 7.97. The molecule has 0 aromatic carbocycles. The fraction of sp³-hybridized carbons (Fsp3) is 0.700. The maximum Gasteiger partial charge on any atom is 0.405 e. The number of aliphatic carboxylic acids is 1. The number of hydrogen-bond donors (Lipinski definition) is 1. The Kier molecular flexibility index (Phi) is 2.10. The first kappa shape index (κ1) is 10.5. The Morgan fingerprint density at radius 2 is 2.20 bits per heavy atom. The zero-order chi connectivity index (χ0) is 11.3. The van der Waals surface area contributed by atoms with Crippen molar-refractivity contribution >= 4 is 5.97 Å². The molecule has 2 aliphatic rings. The molecule has 1 N–H and O–H groups in total. The fourth-order valence-electron chi connectivity index (χ4n) is 2.59. The van der Waals surface area contributed by atoms with E-state index < -0.39 is 17.6 Å². The average molecular weight is 220 g/mol. The normalized spacial score (nSPS) is 35.1. The Hall–Kier alpha value is -1.00. The highest BCUT2D eigenvalue weighted by atomic mass is 19.4. The van der Waals surface area contributed by atoms with E-state index in [9.17, 15) is 18.0 Å². The molecule has 2 nitrogen and oxygen atoms in total. The molecule has 0 fully saturated rings. The molecule has 0 spiro atoms. The summed E-state index contributed by atoms with van der Waals surface area (Å²) in [4.78, 5) is 10.9. The minimum absolute atomic E-state index is 0.202. The minimum Gasteiger partial charge on any atom is -0.481 e. The van der Waals surface area contributed by atoms with E-state index in [1.54, 1.807) is 0 Å². The molecular weight excluding hydrogens is 209 g/mol. The van der Waals surface area contributed by atoms with Crippen LogP contribution in [0.2, 0.25) is 0 Å². The topological polar surface area (TPSA) is 37.3 Å². The van der Waals surface area contributed by atoms with Crippen LogP contribution in [-0.2, 0) is 4.79 Å². The average Bonchev–Trinajstić information content (AvgIpc) is 2.43. The van der Waals surface area contributed by atoms with Gasteiger partial charge in [-0.15, -0.1) is 0 Å². The van der Waals surface area contributed by atoms with Crippen LogP contribution in [0.5, 0.6) is 0 Å². The molecule has 2 unspecified atom stereocenters. The Morgan fingerprint density at radius 1 is 1.53 bits per heavy atom. The van der Waals surface area contributed by atoms with Crippen molar-refractivity contribution in [3.63, 3.8) is 0 Å². The molecule has 5 heteroatoms. The van der Waals surface area contributed by atoms with Crippen LogP contribution in [0, 0.1) is 11.3 Å². The second-order valence-corrected chi connectivity index (χ2v) is 4.39. The molecule has 2 bridgehead atoms. The van der Waals surface area contributed by atoms with E-state index >= 15 is 0 Å². The van der Waals surface area contributed by atoms with Gasteiger partial charge in [0.25, 0.3) is 0 Å². The van der Waals surface area contributed by atoms with Crippen LogP contribution in [0.15, 0.2) is 11.6 Å². The number of carboxylic acids is 1. The molecule has 0 aliphatic heterocycles.